The summed E-state index contributed by atoms with van der Waals surface area (Å²) in [6, 6.07) is 51.5. The van der Waals surface area contributed by atoms with Crippen molar-refractivity contribution in [1.82, 2.24) is 0 Å². The molecule has 0 aliphatic heterocycles. The smallest absolute Gasteiger partial charge is 0.140 e. The highest BCUT2D eigenvalue weighted by Gasteiger charge is 2.39. The van der Waals surface area contributed by atoms with Gasteiger partial charge in [0.2, 0.25) is 0 Å². The maximum absolute atomic E-state index is 6.74. The zero-order valence-corrected chi connectivity index (χ0v) is 32.0. The Morgan fingerprint density at radius 1 is 0.564 bits per heavy atom. The van der Waals surface area contributed by atoms with Gasteiger partial charge in [-0.1, -0.05) is 173 Å². The van der Waals surface area contributed by atoms with Crippen molar-refractivity contribution in [2.75, 3.05) is 0 Å². The number of furan rings is 1. The maximum Gasteiger partial charge on any atom is 0.140 e. The fourth-order valence-electron chi connectivity index (χ4n) is 10.4. The van der Waals surface area contributed by atoms with Crippen molar-refractivity contribution in [2.24, 2.45) is 0 Å². The van der Waals surface area contributed by atoms with E-state index in [9.17, 15) is 0 Å². The number of fused-ring (bicyclic) bond motifs is 13. The predicted molar refractivity (Wildman–Crippen MR) is 234 cm³/mol. The van der Waals surface area contributed by atoms with Gasteiger partial charge in [-0.05, 0) is 108 Å². The highest BCUT2D eigenvalue weighted by atomic mass is 16.3. The monoisotopic (exact) mass is 706 g/mol. The topological polar surface area (TPSA) is 13.1 Å². The van der Waals surface area contributed by atoms with E-state index in [1.165, 1.54) is 104 Å². The van der Waals surface area contributed by atoms with Crippen molar-refractivity contribution >= 4 is 59.8 Å². The summed E-state index contributed by atoms with van der Waals surface area (Å²) in [7, 11) is 0. The molecule has 1 aromatic heterocycles. The normalized spacial score (nSPS) is 16.5. The number of hydrogen-bond acceptors (Lipinski definition) is 1. The fourth-order valence-corrected chi connectivity index (χ4v) is 10.4. The Morgan fingerprint density at radius 3 is 1.87 bits per heavy atom. The van der Waals surface area contributed by atoms with Gasteiger partial charge < -0.3 is 4.42 Å². The van der Waals surface area contributed by atoms with E-state index < -0.39 is 0 Å². The second-order valence-electron chi connectivity index (χ2n) is 16.8. The van der Waals surface area contributed by atoms with Crippen LogP contribution >= 0.6 is 0 Å². The second-order valence-corrected chi connectivity index (χ2v) is 16.8. The molecule has 0 atom stereocenters. The minimum Gasteiger partial charge on any atom is -0.456 e. The van der Waals surface area contributed by atoms with Crippen LogP contribution in [0.3, 0.4) is 0 Å². The minimum absolute atomic E-state index is 0.0591. The third-order valence-corrected chi connectivity index (χ3v) is 13.2. The van der Waals surface area contributed by atoms with Crippen LogP contribution in [0, 0.1) is 0 Å². The van der Waals surface area contributed by atoms with E-state index in [1.807, 2.05) is 0 Å². The molecule has 2 aliphatic rings. The van der Waals surface area contributed by atoms with E-state index in [1.54, 1.807) is 0 Å². The first-order valence-electron chi connectivity index (χ1n) is 19.7. The Kier molecular flexibility index (Phi) is 6.70. The first kappa shape index (κ1) is 32.3. The van der Waals surface area contributed by atoms with Gasteiger partial charge in [-0.15, -0.1) is 0 Å². The molecular weight excluding hydrogens is 665 g/mol. The lowest BCUT2D eigenvalue weighted by atomic mass is 9.80. The number of hydrogen-bond donors (Lipinski definition) is 0. The highest BCUT2D eigenvalue weighted by Crippen LogP contribution is 2.53. The summed E-state index contributed by atoms with van der Waals surface area (Å²) in [6.45, 7) is 11.8. The summed E-state index contributed by atoms with van der Waals surface area (Å²) in [5, 5.41) is 10.2. The van der Waals surface area contributed by atoms with Gasteiger partial charge in [0.15, 0.2) is 0 Å². The zero-order chi connectivity index (χ0) is 37.2. The van der Waals surface area contributed by atoms with Gasteiger partial charge in [-0.3, -0.25) is 0 Å². The SMILES string of the molecule is C/C(=C\C=C1/Cc2c(c3oc4ccccc4c3c3ccccc23)C1(C)C)c1c2ccccc2c(-c2ccc3c(c2)C(C)(C)c2ccccc2-3)c2ccccc12. The first-order chi connectivity index (χ1) is 26.7. The van der Waals surface area contributed by atoms with Crippen LogP contribution in [0.15, 0.2) is 162 Å². The van der Waals surface area contributed by atoms with Crippen molar-refractivity contribution in [1.29, 1.82) is 0 Å². The highest BCUT2D eigenvalue weighted by molar-refractivity contribution is 6.22. The van der Waals surface area contributed by atoms with Gasteiger partial charge in [-0.2, -0.15) is 0 Å². The summed E-state index contributed by atoms with van der Waals surface area (Å²) >= 11 is 0. The molecule has 0 amide bonds. The Bertz CT molecular complexity index is 3120. The average Bonchev–Trinajstić information content (AvgIpc) is 3.80. The lowest BCUT2D eigenvalue weighted by molar-refractivity contribution is 0.613. The number of para-hydroxylation sites is 1. The molecule has 0 radical (unpaired) electrons. The summed E-state index contributed by atoms with van der Waals surface area (Å²) in [4.78, 5) is 0. The zero-order valence-electron chi connectivity index (χ0n) is 32.0. The predicted octanol–water partition coefficient (Wildman–Crippen LogP) is 14.9. The van der Waals surface area contributed by atoms with Gasteiger partial charge in [-0.25, -0.2) is 0 Å². The van der Waals surface area contributed by atoms with Gasteiger partial charge in [0.1, 0.15) is 11.2 Å². The van der Waals surface area contributed by atoms with Gasteiger partial charge in [0, 0.05) is 27.2 Å². The molecule has 0 saturated carbocycles. The lowest BCUT2D eigenvalue weighted by Gasteiger charge is -2.23. The molecule has 1 nitrogen and oxygen atoms in total. The first-order valence-corrected chi connectivity index (χ1v) is 19.7. The molecule has 264 valence electrons. The molecule has 55 heavy (non-hydrogen) atoms. The van der Waals surface area contributed by atoms with E-state index in [-0.39, 0.29) is 10.8 Å². The van der Waals surface area contributed by atoms with E-state index in [0.29, 0.717) is 0 Å². The molecule has 0 N–H and O–H groups in total. The molecule has 8 aromatic carbocycles. The van der Waals surface area contributed by atoms with Crippen molar-refractivity contribution in [3.8, 4) is 22.3 Å². The summed E-state index contributed by atoms with van der Waals surface area (Å²) in [5.41, 5.74) is 16.5. The molecule has 1 heterocycles. The van der Waals surface area contributed by atoms with Crippen molar-refractivity contribution < 1.29 is 4.42 Å². The standard InChI is InChI=1S/C54H42O/c1-32(26-28-34-31-44-35-16-6-7-18-38(35)50-43-23-13-15-25-47(43)55-52(50)51(44)53(34,2)3)48-39-19-8-10-21-41(39)49(42-22-11-9-20-40(42)48)33-27-29-37-36-17-12-14-24-45(36)54(4,5)46(37)30-33/h6-30H,31H2,1-5H3/b32-26+,34-28+. The van der Waals surface area contributed by atoms with Gasteiger partial charge in [0.25, 0.3) is 0 Å². The molecule has 0 fully saturated rings. The molecule has 0 bridgehead atoms. The molecule has 9 aromatic rings. The molecular formula is C54H42O. The Balaban J connectivity index is 1.08. The minimum atomic E-state index is -0.197. The van der Waals surface area contributed by atoms with Crippen LogP contribution < -0.4 is 0 Å². The molecule has 0 saturated heterocycles. The summed E-state index contributed by atoms with van der Waals surface area (Å²) in [5.74, 6) is 0. The third-order valence-electron chi connectivity index (χ3n) is 13.2. The Hall–Kier alpha value is -6.18. The second kappa shape index (κ2) is 11.4. The van der Waals surface area contributed by atoms with Crippen LogP contribution in [-0.2, 0) is 17.3 Å². The van der Waals surface area contributed by atoms with Crippen LogP contribution in [0.4, 0.5) is 0 Å². The number of benzene rings is 8. The Labute approximate surface area is 322 Å². The summed E-state index contributed by atoms with van der Waals surface area (Å²) < 4.78 is 6.74. The molecule has 0 spiro atoms. The van der Waals surface area contributed by atoms with Crippen molar-refractivity contribution in [2.45, 2.75) is 51.9 Å². The fraction of sp³-hybridized carbons (Fsp3) is 0.148. The van der Waals surface area contributed by atoms with Crippen LogP contribution in [0.1, 0.15) is 62.4 Å². The molecule has 1 heteroatoms. The van der Waals surface area contributed by atoms with Crippen LogP contribution in [0.2, 0.25) is 0 Å². The maximum atomic E-state index is 6.74. The van der Waals surface area contributed by atoms with Crippen LogP contribution in [-0.4, -0.2) is 0 Å². The van der Waals surface area contributed by atoms with Gasteiger partial charge in [0.05, 0.1) is 0 Å². The van der Waals surface area contributed by atoms with Crippen molar-refractivity contribution in [3.63, 3.8) is 0 Å². The molecule has 11 rings (SSSR count). The van der Waals surface area contributed by atoms with E-state index in [4.69, 9.17) is 4.42 Å². The quantitative estimate of drug-likeness (QED) is 0.167. The lowest BCUT2D eigenvalue weighted by Crippen LogP contribution is -2.15. The number of allylic oxidation sites excluding steroid dienone is 4. The van der Waals surface area contributed by atoms with Crippen molar-refractivity contribution in [3.05, 3.63) is 185 Å². The number of rotatable bonds is 3. The van der Waals surface area contributed by atoms with Gasteiger partial charge >= 0.3 is 0 Å². The van der Waals surface area contributed by atoms with E-state index >= 15 is 0 Å². The largest absolute Gasteiger partial charge is 0.456 e. The van der Waals surface area contributed by atoms with E-state index in [2.05, 4.69) is 186 Å². The van der Waals surface area contributed by atoms with E-state index in [0.717, 1.165) is 17.6 Å². The summed E-state index contributed by atoms with van der Waals surface area (Å²) in [6.07, 6.45) is 5.69. The van der Waals surface area contributed by atoms with Crippen LogP contribution in [0.25, 0.3) is 82.1 Å². The van der Waals surface area contributed by atoms with Crippen LogP contribution in [0.5, 0.6) is 0 Å². The average molecular weight is 707 g/mol. The molecule has 0 unspecified atom stereocenters. The Morgan fingerprint density at radius 2 is 1.15 bits per heavy atom. The third kappa shape index (κ3) is 4.41. The molecule has 2 aliphatic carbocycles.